The molecule has 5 rings (SSSR count). The van der Waals surface area contributed by atoms with Crippen molar-refractivity contribution >= 4 is 39.9 Å². The van der Waals surface area contributed by atoms with Gasteiger partial charge < -0.3 is 14.3 Å². The topological polar surface area (TPSA) is 104 Å². The van der Waals surface area contributed by atoms with Gasteiger partial charge in [0, 0.05) is 16.1 Å². The summed E-state index contributed by atoms with van der Waals surface area (Å²) in [6.45, 7) is 2.49. The van der Waals surface area contributed by atoms with Crippen molar-refractivity contribution in [1.82, 2.24) is 0 Å². The quantitative estimate of drug-likeness (QED) is 0.282. The number of ketones is 1. The summed E-state index contributed by atoms with van der Waals surface area (Å²) >= 11 is 6.08. The van der Waals surface area contributed by atoms with Gasteiger partial charge in [-0.15, -0.1) is 0 Å². The third-order valence-corrected chi connectivity index (χ3v) is 6.31. The fourth-order valence-corrected chi connectivity index (χ4v) is 4.55. The Morgan fingerprint density at radius 2 is 1.92 bits per heavy atom. The first-order valence-corrected chi connectivity index (χ1v) is 12.0. The van der Waals surface area contributed by atoms with E-state index in [1.54, 1.807) is 66.7 Å². The zero-order chi connectivity index (χ0) is 26.1. The molecule has 0 fully saturated rings. The number of hydrogen-bond donors (Lipinski definition) is 1. The van der Waals surface area contributed by atoms with E-state index in [0.717, 1.165) is 6.42 Å². The van der Waals surface area contributed by atoms with E-state index in [2.05, 4.69) is 0 Å². The number of hydrogen-bond acceptors (Lipinski definition) is 6. The largest absolute Gasteiger partial charge is 0.503 e. The molecule has 0 saturated heterocycles. The van der Waals surface area contributed by atoms with Gasteiger partial charge in [0.2, 0.25) is 5.78 Å². The van der Waals surface area contributed by atoms with Gasteiger partial charge in [-0.1, -0.05) is 30.7 Å². The molecule has 37 heavy (non-hydrogen) atoms. The summed E-state index contributed by atoms with van der Waals surface area (Å²) < 4.78 is 11.5. The number of Topliss-reactive ketones (excluding diaryl/α,β-unsaturated/α-hetero) is 1. The minimum absolute atomic E-state index is 0.0308. The summed E-state index contributed by atoms with van der Waals surface area (Å²) in [6, 6.07) is 21.0. The first-order chi connectivity index (χ1) is 17.9. The van der Waals surface area contributed by atoms with Crippen LogP contribution in [0.2, 0.25) is 5.02 Å². The first-order valence-electron chi connectivity index (χ1n) is 11.6. The molecule has 8 heteroatoms. The van der Waals surface area contributed by atoms with Gasteiger partial charge in [-0.25, -0.2) is 0 Å². The summed E-state index contributed by atoms with van der Waals surface area (Å²) in [5.41, 5.74) is 1.73. The lowest BCUT2D eigenvalue weighted by molar-refractivity contribution is -0.117. The Balaban J connectivity index is 1.64. The molecule has 1 N–H and O–H groups in total. The Morgan fingerprint density at radius 1 is 1.14 bits per heavy atom. The van der Waals surface area contributed by atoms with E-state index in [1.165, 1.54) is 11.0 Å². The summed E-state index contributed by atoms with van der Waals surface area (Å²) in [5, 5.41) is 21.3. The molecule has 1 aliphatic rings. The number of carbonyl (C=O) groups excluding carboxylic acids is 2. The van der Waals surface area contributed by atoms with Crippen LogP contribution in [0.3, 0.4) is 0 Å². The van der Waals surface area contributed by atoms with Crippen LogP contribution in [0.1, 0.15) is 41.1 Å². The predicted molar refractivity (Wildman–Crippen MR) is 139 cm³/mol. The molecule has 184 valence electrons. The van der Waals surface area contributed by atoms with E-state index in [9.17, 15) is 20.0 Å². The molecule has 1 aliphatic heterocycles. The first kappa shape index (κ1) is 24.2. The van der Waals surface area contributed by atoms with E-state index in [-0.39, 0.29) is 11.3 Å². The van der Waals surface area contributed by atoms with E-state index in [1.807, 2.05) is 13.0 Å². The maximum Gasteiger partial charge on any atom is 0.294 e. The number of rotatable bonds is 7. The van der Waals surface area contributed by atoms with Crippen molar-refractivity contribution in [3.8, 4) is 11.8 Å². The van der Waals surface area contributed by atoms with Crippen molar-refractivity contribution in [2.45, 2.75) is 19.4 Å². The molecule has 1 unspecified atom stereocenters. The van der Waals surface area contributed by atoms with Crippen molar-refractivity contribution < 1.29 is 23.8 Å². The van der Waals surface area contributed by atoms with Crippen LogP contribution in [0.4, 0.5) is 5.69 Å². The van der Waals surface area contributed by atoms with Crippen molar-refractivity contribution in [2.75, 3.05) is 11.5 Å². The SMILES string of the molecule is CCCOc1cccc(C2C(C(=O)c3cc4cc(Cl)ccc4o3)=C(O)C(=O)N2c2ccc(C#N)cc2)c1. The highest BCUT2D eigenvalue weighted by Crippen LogP contribution is 2.43. The third-order valence-electron chi connectivity index (χ3n) is 6.08. The molecule has 0 radical (unpaired) electrons. The van der Waals surface area contributed by atoms with Crippen LogP contribution in [0, 0.1) is 11.3 Å². The number of amides is 1. The molecule has 0 spiro atoms. The molecule has 1 amide bonds. The highest BCUT2D eigenvalue weighted by atomic mass is 35.5. The van der Waals surface area contributed by atoms with Gasteiger partial charge in [-0.2, -0.15) is 5.26 Å². The lowest BCUT2D eigenvalue weighted by Crippen LogP contribution is -2.31. The normalized spacial score (nSPS) is 15.3. The number of aliphatic hydroxyl groups is 1. The van der Waals surface area contributed by atoms with Crippen LogP contribution in [0.5, 0.6) is 5.75 Å². The van der Waals surface area contributed by atoms with E-state index in [4.69, 9.17) is 20.8 Å². The van der Waals surface area contributed by atoms with E-state index < -0.39 is 23.5 Å². The number of carbonyl (C=O) groups is 2. The highest BCUT2D eigenvalue weighted by molar-refractivity contribution is 6.31. The molecule has 1 aromatic heterocycles. The molecule has 4 aromatic rings. The van der Waals surface area contributed by atoms with E-state index in [0.29, 0.717) is 45.2 Å². The Bertz CT molecular complexity index is 1600. The Hall–Kier alpha value is -4.54. The molecular weight excluding hydrogens is 492 g/mol. The average Bonchev–Trinajstić information content (AvgIpc) is 3.45. The molecule has 1 atom stereocenters. The second kappa shape index (κ2) is 9.84. The lowest BCUT2D eigenvalue weighted by atomic mass is 9.94. The van der Waals surface area contributed by atoms with Crippen molar-refractivity contribution in [2.24, 2.45) is 0 Å². The van der Waals surface area contributed by atoms with Gasteiger partial charge in [-0.05, 0) is 72.6 Å². The van der Waals surface area contributed by atoms with Crippen LogP contribution < -0.4 is 9.64 Å². The van der Waals surface area contributed by atoms with Gasteiger partial charge in [-0.3, -0.25) is 14.5 Å². The number of nitriles is 1. The number of furan rings is 1. The summed E-state index contributed by atoms with van der Waals surface area (Å²) in [4.78, 5) is 28.5. The summed E-state index contributed by atoms with van der Waals surface area (Å²) in [5.74, 6) is -1.49. The van der Waals surface area contributed by atoms with Crippen molar-refractivity contribution in [1.29, 1.82) is 5.26 Å². The zero-order valence-corrected chi connectivity index (χ0v) is 20.5. The second-order valence-corrected chi connectivity index (χ2v) is 8.98. The number of nitrogens with zero attached hydrogens (tertiary/aromatic N) is 2. The second-order valence-electron chi connectivity index (χ2n) is 8.54. The molecule has 2 heterocycles. The number of aliphatic hydroxyl groups excluding tert-OH is 1. The van der Waals surface area contributed by atoms with Crippen LogP contribution in [-0.4, -0.2) is 23.4 Å². The summed E-state index contributed by atoms with van der Waals surface area (Å²) in [6.07, 6.45) is 0.810. The predicted octanol–water partition coefficient (Wildman–Crippen LogP) is 6.53. The lowest BCUT2D eigenvalue weighted by Gasteiger charge is -2.27. The van der Waals surface area contributed by atoms with Crippen LogP contribution in [0.15, 0.2) is 88.5 Å². The number of ether oxygens (including phenoxy) is 1. The van der Waals surface area contributed by atoms with Gasteiger partial charge >= 0.3 is 0 Å². The van der Waals surface area contributed by atoms with Crippen LogP contribution >= 0.6 is 11.6 Å². The molecule has 0 bridgehead atoms. The van der Waals surface area contributed by atoms with Gasteiger partial charge in [0.15, 0.2) is 11.5 Å². The maximum absolute atomic E-state index is 13.8. The molecule has 0 aliphatic carbocycles. The Kier molecular flexibility index (Phi) is 6.43. The van der Waals surface area contributed by atoms with Crippen LogP contribution in [0.25, 0.3) is 11.0 Å². The molecular formula is C29H21ClN2O5. The van der Waals surface area contributed by atoms with Gasteiger partial charge in [0.05, 0.1) is 29.9 Å². The average molecular weight is 513 g/mol. The fourth-order valence-electron chi connectivity index (χ4n) is 4.37. The minimum atomic E-state index is -0.963. The number of halogens is 1. The van der Waals surface area contributed by atoms with Crippen molar-refractivity contribution in [3.05, 3.63) is 106 Å². The highest BCUT2D eigenvalue weighted by Gasteiger charge is 2.45. The van der Waals surface area contributed by atoms with Gasteiger partial charge in [0.25, 0.3) is 5.91 Å². The minimum Gasteiger partial charge on any atom is -0.503 e. The van der Waals surface area contributed by atoms with Crippen molar-refractivity contribution in [3.63, 3.8) is 0 Å². The standard InChI is InChI=1S/C29H21ClN2O5/c1-2-12-36-22-5-3-4-18(14-22)26-25(27(33)24-15-19-13-20(30)8-11-23(19)37-24)28(34)29(35)32(26)21-9-6-17(16-31)7-10-21/h3-11,13-15,26,34H,2,12H2,1H3. The van der Waals surface area contributed by atoms with Gasteiger partial charge in [0.1, 0.15) is 11.3 Å². The number of fused-ring (bicyclic) bond motifs is 1. The Labute approximate surface area is 217 Å². The Morgan fingerprint density at radius 3 is 2.65 bits per heavy atom. The molecule has 3 aromatic carbocycles. The molecule has 0 saturated carbocycles. The maximum atomic E-state index is 13.8. The monoisotopic (exact) mass is 512 g/mol. The zero-order valence-electron chi connectivity index (χ0n) is 19.8. The molecule has 7 nitrogen and oxygen atoms in total. The van der Waals surface area contributed by atoms with E-state index >= 15 is 0 Å². The number of benzene rings is 3. The summed E-state index contributed by atoms with van der Waals surface area (Å²) in [7, 11) is 0. The third kappa shape index (κ3) is 4.44. The number of anilines is 1. The van der Waals surface area contributed by atoms with Crippen LogP contribution in [-0.2, 0) is 4.79 Å². The fraction of sp³-hybridized carbons (Fsp3) is 0.138. The smallest absolute Gasteiger partial charge is 0.294 e.